The number of piperidine rings is 1. The van der Waals surface area contributed by atoms with Crippen LogP contribution in [-0.2, 0) is 11.3 Å². The second-order valence-corrected chi connectivity index (χ2v) is 9.17. The Morgan fingerprint density at radius 2 is 1.97 bits per heavy atom. The average Bonchev–Trinajstić information content (AvgIpc) is 3.53. The van der Waals surface area contributed by atoms with Crippen molar-refractivity contribution in [3.05, 3.63) is 53.0 Å². The average molecular weight is 467 g/mol. The fourth-order valence-electron chi connectivity index (χ4n) is 4.18. The Labute approximate surface area is 196 Å². The molecule has 3 aromatic rings. The highest BCUT2D eigenvalue weighted by Gasteiger charge is 2.25. The molecule has 1 saturated heterocycles. The molecule has 0 bridgehead atoms. The first kappa shape index (κ1) is 21.7. The maximum atomic E-state index is 12.4. The monoisotopic (exact) mass is 466 g/mol. The zero-order valence-electron chi connectivity index (χ0n) is 18.5. The van der Waals surface area contributed by atoms with E-state index in [2.05, 4.69) is 20.4 Å². The van der Waals surface area contributed by atoms with Crippen molar-refractivity contribution in [2.75, 3.05) is 33.5 Å². The largest absolute Gasteiger partial charge is 0.496 e. The number of nitrogens with zero attached hydrogens (tertiary/aromatic N) is 3. The Morgan fingerprint density at radius 1 is 1.15 bits per heavy atom. The fraction of sp³-hybridized carbons (Fsp3) is 0.375. The van der Waals surface area contributed by atoms with Gasteiger partial charge in [-0.3, -0.25) is 9.69 Å². The molecule has 33 heavy (non-hydrogen) atoms. The van der Waals surface area contributed by atoms with Crippen LogP contribution in [0.1, 0.15) is 29.3 Å². The molecular weight excluding hydrogens is 440 g/mol. The lowest BCUT2D eigenvalue weighted by atomic mass is 9.98. The van der Waals surface area contributed by atoms with E-state index in [0.717, 1.165) is 64.3 Å². The van der Waals surface area contributed by atoms with Crippen molar-refractivity contribution in [2.24, 2.45) is 0 Å². The molecule has 0 atom stereocenters. The highest BCUT2D eigenvalue weighted by molar-refractivity contribution is 7.14. The van der Waals surface area contributed by atoms with Crippen molar-refractivity contribution >= 4 is 17.2 Å². The third kappa shape index (κ3) is 4.94. The minimum atomic E-state index is 0.0282. The molecule has 0 spiro atoms. The summed E-state index contributed by atoms with van der Waals surface area (Å²) in [6.45, 7) is 2.86. The van der Waals surface area contributed by atoms with Crippen LogP contribution in [0.15, 0.2) is 42.5 Å². The number of rotatable bonds is 7. The summed E-state index contributed by atoms with van der Waals surface area (Å²) in [6.07, 6.45) is 1.94. The molecule has 9 heteroatoms. The summed E-state index contributed by atoms with van der Waals surface area (Å²) in [7, 11) is 1.67. The number of likely N-dealkylation sites (tertiary alicyclic amines) is 1. The van der Waals surface area contributed by atoms with E-state index >= 15 is 0 Å². The van der Waals surface area contributed by atoms with Gasteiger partial charge < -0.3 is 19.5 Å². The number of methoxy groups -OCH3 is 1. The summed E-state index contributed by atoms with van der Waals surface area (Å²) in [5.41, 5.74) is 1.97. The van der Waals surface area contributed by atoms with E-state index in [-0.39, 0.29) is 12.7 Å². The third-order valence-electron chi connectivity index (χ3n) is 6.01. The quantitative estimate of drug-likeness (QED) is 0.571. The molecule has 8 nitrogen and oxygen atoms in total. The molecular formula is C24H26N4O4S. The zero-order valence-corrected chi connectivity index (χ0v) is 19.3. The third-order valence-corrected chi connectivity index (χ3v) is 7.13. The number of hydrogen-bond donors (Lipinski definition) is 1. The Balaban J connectivity index is 1.10. The van der Waals surface area contributed by atoms with Crippen LogP contribution in [-0.4, -0.2) is 54.5 Å². The summed E-state index contributed by atoms with van der Waals surface area (Å²) < 4.78 is 16.2. The lowest BCUT2D eigenvalue weighted by Crippen LogP contribution is -2.41. The number of carbonyl (C=O) groups is 1. The van der Waals surface area contributed by atoms with Gasteiger partial charge in [0.1, 0.15) is 10.8 Å². The van der Waals surface area contributed by atoms with Crippen molar-refractivity contribution in [3.63, 3.8) is 0 Å². The van der Waals surface area contributed by atoms with Crippen LogP contribution in [0.3, 0.4) is 0 Å². The molecule has 0 saturated carbocycles. The topological polar surface area (TPSA) is 85.8 Å². The normalized spacial score (nSPS) is 16.0. The number of hydrogen-bond acceptors (Lipinski definition) is 8. The number of amides is 1. The molecule has 172 valence electrons. The number of ether oxygens (including phenoxy) is 3. The first-order valence-electron chi connectivity index (χ1n) is 11.0. The van der Waals surface area contributed by atoms with Crippen LogP contribution in [0, 0.1) is 0 Å². The summed E-state index contributed by atoms with van der Waals surface area (Å²) in [5.74, 6) is 2.69. The van der Waals surface area contributed by atoms with E-state index in [1.54, 1.807) is 18.4 Å². The van der Waals surface area contributed by atoms with Gasteiger partial charge in [0, 0.05) is 12.5 Å². The lowest BCUT2D eigenvalue weighted by molar-refractivity contribution is -0.122. The minimum absolute atomic E-state index is 0.0282. The van der Waals surface area contributed by atoms with Gasteiger partial charge in [-0.1, -0.05) is 29.5 Å². The molecule has 1 fully saturated rings. The Morgan fingerprint density at radius 3 is 2.82 bits per heavy atom. The second kappa shape index (κ2) is 9.76. The first-order chi connectivity index (χ1) is 16.2. The van der Waals surface area contributed by atoms with Crippen molar-refractivity contribution in [3.8, 4) is 27.8 Å². The molecule has 0 unspecified atom stereocenters. The number of carbonyl (C=O) groups excluding carboxylic acids is 1. The molecule has 5 rings (SSSR count). The van der Waals surface area contributed by atoms with Crippen molar-refractivity contribution in [2.45, 2.75) is 25.3 Å². The van der Waals surface area contributed by atoms with Gasteiger partial charge in [-0.25, -0.2) is 0 Å². The van der Waals surface area contributed by atoms with Gasteiger partial charge in [0.2, 0.25) is 12.7 Å². The highest BCUT2D eigenvalue weighted by atomic mass is 32.1. The molecule has 3 heterocycles. The summed E-state index contributed by atoms with van der Waals surface area (Å²) >= 11 is 1.63. The van der Waals surface area contributed by atoms with Crippen LogP contribution in [0.5, 0.6) is 17.2 Å². The van der Waals surface area contributed by atoms with Gasteiger partial charge in [-0.05, 0) is 55.8 Å². The summed E-state index contributed by atoms with van der Waals surface area (Å²) in [4.78, 5) is 14.7. The molecule has 2 aliphatic heterocycles. The van der Waals surface area contributed by atoms with Gasteiger partial charge in [0.15, 0.2) is 16.5 Å². The molecule has 1 N–H and O–H groups in total. The van der Waals surface area contributed by atoms with E-state index in [1.165, 1.54) is 0 Å². The van der Waals surface area contributed by atoms with Gasteiger partial charge >= 0.3 is 0 Å². The van der Waals surface area contributed by atoms with E-state index in [9.17, 15) is 4.79 Å². The van der Waals surface area contributed by atoms with E-state index in [4.69, 9.17) is 14.2 Å². The minimum Gasteiger partial charge on any atom is -0.496 e. The lowest BCUT2D eigenvalue weighted by Gasteiger charge is -2.30. The number of benzene rings is 2. The molecule has 0 aliphatic carbocycles. The number of fused-ring (bicyclic) bond motifs is 1. The van der Waals surface area contributed by atoms with Crippen LogP contribution in [0.4, 0.5) is 0 Å². The van der Waals surface area contributed by atoms with Crippen LogP contribution < -0.4 is 19.5 Å². The van der Waals surface area contributed by atoms with E-state index in [0.29, 0.717) is 19.0 Å². The fourth-order valence-corrected chi connectivity index (χ4v) is 5.22. The van der Waals surface area contributed by atoms with Crippen LogP contribution >= 0.6 is 11.3 Å². The molecule has 2 aliphatic rings. The number of para-hydroxylation sites is 1. The SMILES string of the molecule is COc1ccccc1-c1nnc(C2CCN(CC(=O)NCc3ccc4c(c3)OCO4)CC2)s1. The van der Waals surface area contributed by atoms with E-state index < -0.39 is 0 Å². The summed E-state index contributed by atoms with van der Waals surface area (Å²) in [5, 5.41) is 13.8. The Hall–Kier alpha value is -3.17. The Kier molecular flexibility index (Phi) is 6.41. The summed E-state index contributed by atoms with van der Waals surface area (Å²) in [6, 6.07) is 13.6. The van der Waals surface area contributed by atoms with Gasteiger partial charge in [0.25, 0.3) is 0 Å². The predicted molar refractivity (Wildman–Crippen MR) is 125 cm³/mol. The second-order valence-electron chi connectivity index (χ2n) is 8.16. The molecule has 2 aromatic carbocycles. The van der Waals surface area contributed by atoms with Crippen LogP contribution in [0.25, 0.3) is 10.6 Å². The number of aromatic nitrogens is 2. The zero-order chi connectivity index (χ0) is 22.6. The highest BCUT2D eigenvalue weighted by Crippen LogP contribution is 2.36. The van der Waals surface area contributed by atoms with E-state index in [1.807, 2.05) is 42.5 Å². The first-order valence-corrected chi connectivity index (χ1v) is 11.9. The van der Waals surface area contributed by atoms with Gasteiger partial charge in [0.05, 0.1) is 19.2 Å². The van der Waals surface area contributed by atoms with Gasteiger partial charge in [-0.2, -0.15) is 0 Å². The van der Waals surface area contributed by atoms with Gasteiger partial charge in [-0.15, -0.1) is 10.2 Å². The van der Waals surface area contributed by atoms with Crippen molar-refractivity contribution in [1.29, 1.82) is 0 Å². The molecule has 0 radical (unpaired) electrons. The maximum Gasteiger partial charge on any atom is 0.234 e. The number of nitrogens with one attached hydrogen (secondary N) is 1. The predicted octanol–water partition coefficient (Wildman–Crippen LogP) is 3.44. The Bertz CT molecular complexity index is 1130. The van der Waals surface area contributed by atoms with Crippen LogP contribution in [0.2, 0.25) is 0 Å². The van der Waals surface area contributed by atoms with Crippen molar-refractivity contribution in [1.82, 2.24) is 20.4 Å². The van der Waals surface area contributed by atoms with Crippen molar-refractivity contribution < 1.29 is 19.0 Å². The smallest absolute Gasteiger partial charge is 0.234 e. The maximum absolute atomic E-state index is 12.4. The molecule has 1 amide bonds. The standard InChI is InChI=1S/C24H26N4O4S/c1-30-19-5-3-2-4-18(19)24-27-26-23(33-24)17-8-10-28(11-9-17)14-22(29)25-13-16-6-7-20-21(12-16)32-15-31-20/h2-7,12,17H,8-11,13-15H2,1H3,(H,25,29). The molecule has 1 aromatic heterocycles.